The average Bonchev–Trinajstić information content (AvgIpc) is 2.23. The minimum absolute atomic E-state index is 0.290. The van der Waals surface area contributed by atoms with Gasteiger partial charge in [-0.1, -0.05) is 11.6 Å². The van der Waals surface area contributed by atoms with Crippen LogP contribution < -0.4 is 10.5 Å². The van der Waals surface area contributed by atoms with Crippen LogP contribution in [0.4, 0.5) is 0 Å². The summed E-state index contributed by atoms with van der Waals surface area (Å²) in [4.78, 5) is 0. The molecular weight excluding hydrogens is 226 g/mol. The highest BCUT2D eigenvalue weighted by Gasteiger charge is 2.26. The number of rotatable bonds is 4. The van der Waals surface area contributed by atoms with Gasteiger partial charge in [0.1, 0.15) is 5.75 Å². The van der Waals surface area contributed by atoms with Crippen LogP contribution in [0.2, 0.25) is 5.02 Å². The molecule has 0 saturated heterocycles. The molecule has 0 bridgehead atoms. The molecule has 0 spiro atoms. The second-order valence-electron chi connectivity index (χ2n) is 4.12. The molecule has 0 heterocycles. The van der Waals surface area contributed by atoms with Gasteiger partial charge in [-0.3, -0.25) is 0 Å². The third-order valence-electron chi connectivity index (χ3n) is 2.85. The normalized spacial score (nSPS) is 23.9. The second-order valence-corrected chi connectivity index (χ2v) is 4.56. The molecule has 0 amide bonds. The van der Waals surface area contributed by atoms with Crippen molar-refractivity contribution >= 4 is 11.6 Å². The molecule has 1 aliphatic carbocycles. The maximum Gasteiger partial charge on any atom is 0.124 e. The first kappa shape index (κ1) is 11.7. The van der Waals surface area contributed by atoms with Crippen molar-refractivity contribution in [2.75, 3.05) is 7.11 Å². The molecule has 88 valence electrons. The SMILES string of the molecule is COc1ccc(Cl)cc1COC1CC(N)C1. The Hall–Kier alpha value is -0.770. The molecule has 1 aliphatic rings. The zero-order valence-corrected chi connectivity index (χ0v) is 10.0. The molecule has 0 aromatic heterocycles. The van der Waals surface area contributed by atoms with Crippen molar-refractivity contribution in [3.05, 3.63) is 28.8 Å². The monoisotopic (exact) mass is 241 g/mol. The number of methoxy groups -OCH3 is 1. The van der Waals surface area contributed by atoms with Crippen LogP contribution in [0.25, 0.3) is 0 Å². The van der Waals surface area contributed by atoms with Crippen molar-refractivity contribution in [2.45, 2.75) is 31.6 Å². The minimum Gasteiger partial charge on any atom is -0.496 e. The summed E-state index contributed by atoms with van der Waals surface area (Å²) in [6.45, 7) is 0.529. The van der Waals surface area contributed by atoms with Crippen LogP contribution in [-0.2, 0) is 11.3 Å². The molecule has 1 aromatic rings. The lowest BCUT2D eigenvalue weighted by molar-refractivity contribution is -0.0194. The predicted molar refractivity (Wildman–Crippen MR) is 63.8 cm³/mol. The second kappa shape index (κ2) is 5.04. The first-order chi connectivity index (χ1) is 7.69. The predicted octanol–water partition coefficient (Wildman–Crippen LogP) is 2.35. The van der Waals surface area contributed by atoms with Gasteiger partial charge in [0.25, 0.3) is 0 Å². The number of hydrogen-bond donors (Lipinski definition) is 1. The van der Waals surface area contributed by atoms with E-state index in [2.05, 4.69) is 0 Å². The zero-order chi connectivity index (χ0) is 11.5. The Morgan fingerprint density at radius 1 is 1.44 bits per heavy atom. The summed E-state index contributed by atoms with van der Waals surface area (Å²) in [5, 5.41) is 0.699. The molecule has 0 unspecified atom stereocenters. The van der Waals surface area contributed by atoms with Crippen LogP contribution in [0.5, 0.6) is 5.75 Å². The molecule has 2 rings (SSSR count). The Kier molecular flexibility index (Phi) is 3.69. The highest BCUT2D eigenvalue weighted by atomic mass is 35.5. The molecule has 0 atom stereocenters. The molecule has 1 saturated carbocycles. The van der Waals surface area contributed by atoms with E-state index < -0.39 is 0 Å². The van der Waals surface area contributed by atoms with Crippen molar-refractivity contribution in [3.8, 4) is 5.75 Å². The lowest BCUT2D eigenvalue weighted by Crippen LogP contribution is -2.41. The highest BCUT2D eigenvalue weighted by Crippen LogP contribution is 2.27. The van der Waals surface area contributed by atoms with Gasteiger partial charge in [0.2, 0.25) is 0 Å². The van der Waals surface area contributed by atoms with Gasteiger partial charge in [-0.15, -0.1) is 0 Å². The summed E-state index contributed by atoms with van der Waals surface area (Å²) in [7, 11) is 1.64. The smallest absolute Gasteiger partial charge is 0.124 e. The Balaban J connectivity index is 1.94. The zero-order valence-electron chi connectivity index (χ0n) is 9.28. The van der Waals surface area contributed by atoms with E-state index in [4.69, 9.17) is 26.8 Å². The quantitative estimate of drug-likeness (QED) is 0.880. The van der Waals surface area contributed by atoms with Gasteiger partial charge in [-0.25, -0.2) is 0 Å². The number of benzene rings is 1. The van der Waals surface area contributed by atoms with E-state index in [9.17, 15) is 0 Å². The van der Waals surface area contributed by atoms with E-state index in [-0.39, 0.29) is 0 Å². The van der Waals surface area contributed by atoms with Crippen molar-refractivity contribution in [2.24, 2.45) is 5.73 Å². The fourth-order valence-electron chi connectivity index (χ4n) is 1.81. The summed E-state index contributed by atoms with van der Waals surface area (Å²) in [6, 6.07) is 5.85. The Bertz CT molecular complexity index is 364. The maximum atomic E-state index is 5.93. The van der Waals surface area contributed by atoms with E-state index in [1.807, 2.05) is 18.2 Å². The average molecular weight is 242 g/mol. The van der Waals surface area contributed by atoms with Gasteiger partial charge in [-0.2, -0.15) is 0 Å². The van der Waals surface area contributed by atoms with E-state index in [0.717, 1.165) is 24.2 Å². The molecule has 16 heavy (non-hydrogen) atoms. The van der Waals surface area contributed by atoms with Crippen molar-refractivity contribution in [1.29, 1.82) is 0 Å². The molecule has 4 heteroatoms. The topological polar surface area (TPSA) is 44.5 Å². The largest absolute Gasteiger partial charge is 0.496 e. The minimum atomic E-state index is 0.290. The third-order valence-corrected chi connectivity index (χ3v) is 3.08. The van der Waals surface area contributed by atoms with E-state index in [1.165, 1.54) is 0 Å². The summed E-state index contributed by atoms with van der Waals surface area (Å²) in [5.74, 6) is 0.813. The van der Waals surface area contributed by atoms with Crippen LogP contribution >= 0.6 is 11.6 Å². The van der Waals surface area contributed by atoms with E-state index in [0.29, 0.717) is 23.8 Å². The highest BCUT2D eigenvalue weighted by molar-refractivity contribution is 6.30. The summed E-state index contributed by atoms with van der Waals surface area (Å²) in [5.41, 5.74) is 6.67. The number of nitrogens with two attached hydrogens (primary N) is 1. The number of ether oxygens (including phenoxy) is 2. The van der Waals surface area contributed by atoms with Crippen LogP contribution in [0.3, 0.4) is 0 Å². The number of hydrogen-bond acceptors (Lipinski definition) is 3. The first-order valence-corrected chi connectivity index (χ1v) is 5.76. The van der Waals surface area contributed by atoms with Crippen LogP contribution in [0.1, 0.15) is 18.4 Å². The van der Waals surface area contributed by atoms with Crippen molar-refractivity contribution in [1.82, 2.24) is 0 Å². The Morgan fingerprint density at radius 3 is 2.81 bits per heavy atom. The fraction of sp³-hybridized carbons (Fsp3) is 0.500. The van der Waals surface area contributed by atoms with Gasteiger partial charge in [0.15, 0.2) is 0 Å². The molecule has 3 nitrogen and oxygen atoms in total. The summed E-state index contributed by atoms with van der Waals surface area (Å²) < 4.78 is 11.0. The first-order valence-electron chi connectivity index (χ1n) is 5.38. The van der Waals surface area contributed by atoms with Crippen molar-refractivity contribution < 1.29 is 9.47 Å². The summed E-state index contributed by atoms with van der Waals surface area (Å²) >= 11 is 5.93. The van der Waals surface area contributed by atoms with Crippen LogP contribution in [-0.4, -0.2) is 19.3 Å². The Labute approximate surface area is 100 Å². The molecule has 2 N–H and O–H groups in total. The molecular formula is C12H16ClNO2. The van der Waals surface area contributed by atoms with Gasteiger partial charge in [0, 0.05) is 16.6 Å². The lowest BCUT2D eigenvalue weighted by Gasteiger charge is -2.32. The van der Waals surface area contributed by atoms with E-state index >= 15 is 0 Å². The Morgan fingerprint density at radius 2 is 2.19 bits per heavy atom. The fourth-order valence-corrected chi connectivity index (χ4v) is 2.00. The lowest BCUT2D eigenvalue weighted by atomic mass is 9.90. The maximum absolute atomic E-state index is 5.93. The van der Waals surface area contributed by atoms with Gasteiger partial charge in [-0.05, 0) is 31.0 Å². The molecule has 1 fully saturated rings. The van der Waals surface area contributed by atoms with Gasteiger partial charge in [0.05, 0.1) is 19.8 Å². The van der Waals surface area contributed by atoms with Crippen LogP contribution in [0, 0.1) is 0 Å². The molecule has 0 radical (unpaired) electrons. The van der Waals surface area contributed by atoms with Crippen LogP contribution in [0.15, 0.2) is 18.2 Å². The summed E-state index contributed by atoms with van der Waals surface area (Å²) in [6.07, 6.45) is 2.19. The van der Waals surface area contributed by atoms with Gasteiger partial charge >= 0.3 is 0 Å². The third kappa shape index (κ3) is 2.67. The van der Waals surface area contributed by atoms with Crippen molar-refractivity contribution in [3.63, 3.8) is 0 Å². The molecule has 1 aromatic carbocycles. The number of halogens is 1. The van der Waals surface area contributed by atoms with E-state index in [1.54, 1.807) is 7.11 Å². The standard InChI is InChI=1S/C12H16ClNO2/c1-15-12-3-2-9(13)4-8(12)7-16-11-5-10(14)6-11/h2-4,10-11H,5-7,14H2,1H3. The van der Waals surface area contributed by atoms with Gasteiger partial charge < -0.3 is 15.2 Å². The molecule has 0 aliphatic heterocycles.